The van der Waals surface area contributed by atoms with Crippen molar-refractivity contribution in [1.82, 2.24) is 4.98 Å². The number of anilines is 1. The maximum Gasteiger partial charge on any atom is 0.228 e. The molecule has 4 nitrogen and oxygen atoms in total. The second kappa shape index (κ2) is 6.05. The van der Waals surface area contributed by atoms with E-state index < -0.39 is 0 Å². The Morgan fingerprint density at radius 3 is 2.80 bits per heavy atom. The van der Waals surface area contributed by atoms with Crippen LogP contribution >= 0.6 is 11.3 Å². The van der Waals surface area contributed by atoms with E-state index in [4.69, 9.17) is 4.74 Å². The van der Waals surface area contributed by atoms with Crippen molar-refractivity contribution in [1.29, 1.82) is 0 Å². The van der Waals surface area contributed by atoms with Crippen molar-refractivity contribution in [2.75, 3.05) is 12.4 Å². The standard InChI is InChI=1S/C15H18N2O2S/c1-9(2)14(18)17-15-16-12(8-20-15)11-7-10(3)5-6-13(11)19-4/h5-9H,1-4H3,(H,16,17,18). The summed E-state index contributed by atoms with van der Waals surface area (Å²) in [6.45, 7) is 5.73. The quantitative estimate of drug-likeness (QED) is 0.933. The fourth-order valence-electron chi connectivity index (χ4n) is 1.73. The number of aromatic nitrogens is 1. The highest BCUT2D eigenvalue weighted by Crippen LogP contribution is 2.33. The van der Waals surface area contributed by atoms with Gasteiger partial charge in [0, 0.05) is 16.9 Å². The van der Waals surface area contributed by atoms with Crippen LogP contribution in [0.15, 0.2) is 23.6 Å². The number of nitrogens with zero attached hydrogens (tertiary/aromatic N) is 1. The first-order valence-corrected chi connectivity index (χ1v) is 7.30. The van der Waals surface area contributed by atoms with Gasteiger partial charge in [-0.25, -0.2) is 4.98 Å². The Morgan fingerprint density at radius 2 is 2.15 bits per heavy atom. The summed E-state index contributed by atoms with van der Waals surface area (Å²) in [5, 5.41) is 5.35. The molecular weight excluding hydrogens is 272 g/mol. The van der Waals surface area contributed by atoms with Crippen LogP contribution in [0.4, 0.5) is 5.13 Å². The van der Waals surface area contributed by atoms with Crippen molar-refractivity contribution in [2.24, 2.45) is 5.92 Å². The third-order valence-corrected chi connectivity index (χ3v) is 3.65. The lowest BCUT2D eigenvalue weighted by Crippen LogP contribution is -2.17. The number of rotatable bonds is 4. The Morgan fingerprint density at radius 1 is 1.40 bits per heavy atom. The van der Waals surface area contributed by atoms with E-state index in [1.807, 2.05) is 44.4 Å². The third-order valence-electron chi connectivity index (χ3n) is 2.89. The second-order valence-corrected chi connectivity index (χ2v) is 5.74. The maximum atomic E-state index is 11.7. The van der Waals surface area contributed by atoms with Gasteiger partial charge in [0.2, 0.25) is 5.91 Å². The summed E-state index contributed by atoms with van der Waals surface area (Å²) < 4.78 is 5.36. The molecule has 0 aliphatic rings. The molecule has 1 aromatic carbocycles. The predicted molar refractivity (Wildman–Crippen MR) is 82.3 cm³/mol. The number of carbonyl (C=O) groups is 1. The van der Waals surface area contributed by atoms with Crippen molar-refractivity contribution in [3.05, 3.63) is 29.1 Å². The van der Waals surface area contributed by atoms with Gasteiger partial charge in [-0.3, -0.25) is 4.79 Å². The Bertz CT molecular complexity index is 620. The minimum Gasteiger partial charge on any atom is -0.496 e. The van der Waals surface area contributed by atoms with Gasteiger partial charge in [0.15, 0.2) is 5.13 Å². The molecule has 0 unspecified atom stereocenters. The van der Waals surface area contributed by atoms with E-state index >= 15 is 0 Å². The topological polar surface area (TPSA) is 51.2 Å². The summed E-state index contributed by atoms with van der Waals surface area (Å²) in [4.78, 5) is 16.1. The molecule has 1 amide bonds. The number of aryl methyl sites for hydroxylation is 1. The zero-order valence-corrected chi connectivity index (χ0v) is 12.9. The molecule has 0 fully saturated rings. The molecule has 5 heteroatoms. The summed E-state index contributed by atoms with van der Waals surface area (Å²) in [7, 11) is 1.64. The zero-order valence-electron chi connectivity index (χ0n) is 12.1. The lowest BCUT2D eigenvalue weighted by atomic mass is 10.1. The SMILES string of the molecule is COc1ccc(C)cc1-c1csc(NC(=O)C(C)C)n1. The number of hydrogen-bond donors (Lipinski definition) is 1. The highest BCUT2D eigenvalue weighted by molar-refractivity contribution is 7.14. The normalized spacial score (nSPS) is 10.7. The number of methoxy groups -OCH3 is 1. The summed E-state index contributed by atoms with van der Waals surface area (Å²) in [5.74, 6) is 0.695. The average Bonchev–Trinajstić information content (AvgIpc) is 2.87. The molecule has 20 heavy (non-hydrogen) atoms. The lowest BCUT2D eigenvalue weighted by molar-refractivity contribution is -0.118. The maximum absolute atomic E-state index is 11.7. The Balaban J connectivity index is 2.29. The predicted octanol–water partition coefficient (Wildman–Crippen LogP) is 3.72. The summed E-state index contributed by atoms with van der Waals surface area (Å²) >= 11 is 1.42. The Hall–Kier alpha value is -1.88. The molecule has 0 aliphatic heterocycles. The van der Waals surface area contributed by atoms with E-state index in [2.05, 4.69) is 10.3 Å². The van der Waals surface area contributed by atoms with Crippen LogP contribution in [0.1, 0.15) is 19.4 Å². The van der Waals surface area contributed by atoms with Gasteiger partial charge in [-0.1, -0.05) is 25.5 Å². The zero-order chi connectivity index (χ0) is 14.7. The van der Waals surface area contributed by atoms with Gasteiger partial charge in [-0.2, -0.15) is 0 Å². The monoisotopic (exact) mass is 290 g/mol. The molecule has 106 valence electrons. The van der Waals surface area contributed by atoms with Gasteiger partial charge < -0.3 is 10.1 Å². The van der Waals surface area contributed by atoms with Crippen molar-refractivity contribution in [2.45, 2.75) is 20.8 Å². The molecule has 1 N–H and O–H groups in total. The third kappa shape index (κ3) is 3.17. The molecule has 2 rings (SSSR count). The highest BCUT2D eigenvalue weighted by atomic mass is 32.1. The largest absolute Gasteiger partial charge is 0.496 e. The van der Waals surface area contributed by atoms with Crippen LogP contribution in [0.2, 0.25) is 0 Å². The van der Waals surface area contributed by atoms with Gasteiger partial charge in [-0.15, -0.1) is 11.3 Å². The molecule has 0 saturated heterocycles. The van der Waals surface area contributed by atoms with Crippen molar-refractivity contribution in [3.63, 3.8) is 0 Å². The van der Waals surface area contributed by atoms with E-state index in [-0.39, 0.29) is 11.8 Å². The first-order chi connectivity index (χ1) is 9.51. The molecule has 0 saturated carbocycles. The van der Waals surface area contributed by atoms with Crippen LogP contribution in [-0.2, 0) is 4.79 Å². The van der Waals surface area contributed by atoms with E-state index in [1.54, 1.807) is 7.11 Å². The van der Waals surface area contributed by atoms with Crippen LogP contribution in [-0.4, -0.2) is 18.0 Å². The number of hydrogen-bond acceptors (Lipinski definition) is 4. The summed E-state index contributed by atoms with van der Waals surface area (Å²) in [5.41, 5.74) is 2.89. The van der Waals surface area contributed by atoms with Gasteiger partial charge in [0.05, 0.1) is 12.8 Å². The molecule has 0 bridgehead atoms. The van der Waals surface area contributed by atoms with E-state index in [1.165, 1.54) is 11.3 Å². The van der Waals surface area contributed by atoms with Crippen LogP contribution < -0.4 is 10.1 Å². The van der Waals surface area contributed by atoms with Crippen molar-refractivity contribution >= 4 is 22.4 Å². The van der Waals surface area contributed by atoms with Crippen LogP contribution in [0.3, 0.4) is 0 Å². The highest BCUT2D eigenvalue weighted by Gasteiger charge is 2.13. The smallest absolute Gasteiger partial charge is 0.228 e. The van der Waals surface area contributed by atoms with Crippen molar-refractivity contribution in [3.8, 4) is 17.0 Å². The van der Waals surface area contributed by atoms with Crippen LogP contribution in [0.25, 0.3) is 11.3 Å². The molecule has 1 aromatic heterocycles. The number of benzene rings is 1. The number of carbonyl (C=O) groups excluding carboxylic acids is 1. The Kier molecular flexibility index (Phi) is 4.39. The van der Waals surface area contributed by atoms with Crippen LogP contribution in [0.5, 0.6) is 5.75 Å². The molecule has 0 atom stereocenters. The van der Waals surface area contributed by atoms with Gasteiger partial charge >= 0.3 is 0 Å². The summed E-state index contributed by atoms with van der Waals surface area (Å²) in [6, 6.07) is 5.95. The first kappa shape index (κ1) is 14.5. The van der Waals surface area contributed by atoms with E-state index in [0.717, 1.165) is 22.6 Å². The lowest BCUT2D eigenvalue weighted by Gasteiger charge is -2.07. The molecule has 2 aromatic rings. The second-order valence-electron chi connectivity index (χ2n) is 4.89. The molecular formula is C15H18N2O2S. The number of thiazole rings is 1. The minimum atomic E-state index is -0.0594. The Labute approximate surface area is 122 Å². The van der Waals surface area contributed by atoms with Crippen LogP contribution in [0, 0.1) is 12.8 Å². The number of nitrogens with one attached hydrogen (secondary N) is 1. The summed E-state index contributed by atoms with van der Waals surface area (Å²) in [6.07, 6.45) is 0. The van der Waals surface area contributed by atoms with E-state index in [9.17, 15) is 4.79 Å². The van der Waals surface area contributed by atoms with Gasteiger partial charge in [0.1, 0.15) is 5.75 Å². The fraction of sp³-hybridized carbons (Fsp3) is 0.333. The van der Waals surface area contributed by atoms with Gasteiger partial charge in [0.25, 0.3) is 0 Å². The number of amides is 1. The molecule has 0 aliphatic carbocycles. The molecule has 0 radical (unpaired) electrons. The fourth-order valence-corrected chi connectivity index (χ4v) is 2.44. The molecule has 0 spiro atoms. The average molecular weight is 290 g/mol. The molecule has 1 heterocycles. The minimum absolute atomic E-state index is 0.0258. The number of ether oxygens (including phenoxy) is 1. The van der Waals surface area contributed by atoms with Crippen molar-refractivity contribution < 1.29 is 9.53 Å². The van der Waals surface area contributed by atoms with E-state index in [0.29, 0.717) is 5.13 Å². The van der Waals surface area contributed by atoms with Gasteiger partial charge in [-0.05, 0) is 19.1 Å². The first-order valence-electron chi connectivity index (χ1n) is 6.42.